The molecule has 150 valence electrons. The fourth-order valence-corrected chi connectivity index (χ4v) is 4.42. The van der Waals surface area contributed by atoms with Gasteiger partial charge in [-0.2, -0.15) is 0 Å². The average Bonchev–Trinajstić information content (AvgIpc) is 3.27. The number of fused-ring (bicyclic) bond motifs is 1. The minimum Gasteiger partial charge on any atom is -0.273 e. The molecule has 3 aromatic rings. The van der Waals surface area contributed by atoms with Gasteiger partial charge in [0.1, 0.15) is 5.92 Å². The molecule has 0 aliphatic carbocycles. The first-order valence-corrected chi connectivity index (χ1v) is 10.5. The van der Waals surface area contributed by atoms with Gasteiger partial charge in [-0.15, -0.1) is 0 Å². The number of hydrogen-bond acceptors (Lipinski definition) is 4. The van der Waals surface area contributed by atoms with Crippen LogP contribution in [0.3, 0.4) is 0 Å². The van der Waals surface area contributed by atoms with Crippen LogP contribution in [0.1, 0.15) is 17.2 Å². The molecule has 0 radical (unpaired) electrons. The number of carbonyl (C=O) groups is 2. The summed E-state index contributed by atoms with van der Waals surface area (Å²) in [5.41, 5.74) is 3.44. The molecule has 0 spiro atoms. The largest absolute Gasteiger partial charge is 0.273 e. The third-order valence-electron chi connectivity index (χ3n) is 5.63. The minimum atomic E-state index is -0.854. The fraction of sp³-hybridized carbons (Fsp3) is 0.167. The second-order valence-corrected chi connectivity index (χ2v) is 8.47. The Morgan fingerprint density at radius 1 is 0.800 bits per heavy atom. The lowest BCUT2D eigenvalue weighted by molar-refractivity contribution is -0.126. The Kier molecular flexibility index (Phi) is 4.68. The topological polar surface area (TPSA) is 49.9 Å². The fourth-order valence-electron chi connectivity index (χ4n) is 4.16. The number of nitrogens with zero attached hydrogens (tertiary/aromatic N) is 2. The van der Waals surface area contributed by atoms with Crippen molar-refractivity contribution in [3.63, 3.8) is 0 Å². The van der Waals surface area contributed by atoms with Crippen LogP contribution in [0.2, 0.25) is 0 Å². The molecular weight excluding hydrogens is 444 g/mol. The first kappa shape index (κ1) is 19.0. The molecule has 5 nitrogen and oxygen atoms in total. The van der Waals surface area contributed by atoms with Crippen LogP contribution in [0, 0.1) is 12.8 Å². The van der Waals surface area contributed by atoms with E-state index in [1.165, 1.54) is 4.90 Å². The summed E-state index contributed by atoms with van der Waals surface area (Å²) in [6.07, 6.45) is -0.854. The maximum absolute atomic E-state index is 13.5. The number of imide groups is 1. The molecule has 3 unspecified atom stereocenters. The second-order valence-electron chi connectivity index (χ2n) is 7.56. The van der Waals surface area contributed by atoms with Crippen LogP contribution in [-0.4, -0.2) is 17.9 Å². The van der Waals surface area contributed by atoms with Gasteiger partial charge in [-0.1, -0.05) is 64.0 Å². The molecule has 2 fully saturated rings. The van der Waals surface area contributed by atoms with Gasteiger partial charge in [0.2, 0.25) is 5.91 Å². The highest BCUT2D eigenvalue weighted by Crippen LogP contribution is 2.47. The van der Waals surface area contributed by atoms with Gasteiger partial charge in [0.15, 0.2) is 6.10 Å². The highest BCUT2D eigenvalue weighted by molar-refractivity contribution is 9.10. The molecule has 3 atom stereocenters. The van der Waals surface area contributed by atoms with Crippen molar-refractivity contribution < 1.29 is 14.4 Å². The molecule has 6 heteroatoms. The van der Waals surface area contributed by atoms with Crippen LogP contribution >= 0.6 is 15.9 Å². The van der Waals surface area contributed by atoms with Crippen LogP contribution in [0.5, 0.6) is 0 Å². The summed E-state index contributed by atoms with van der Waals surface area (Å²) in [6.45, 7) is 2.02. The summed E-state index contributed by atoms with van der Waals surface area (Å²) < 4.78 is 0.884. The zero-order valence-corrected chi connectivity index (χ0v) is 17.8. The van der Waals surface area contributed by atoms with E-state index in [1.807, 2.05) is 73.7 Å². The van der Waals surface area contributed by atoms with Crippen molar-refractivity contribution in [3.8, 4) is 0 Å². The van der Waals surface area contributed by atoms with E-state index in [0.29, 0.717) is 5.69 Å². The lowest BCUT2D eigenvalue weighted by Crippen LogP contribution is -2.37. The summed E-state index contributed by atoms with van der Waals surface area (Å²) in [5.74, 6) is -1.19. The van der Waals surface area contributed by atoms with Crippen molar-refractivity contribution in [1.82, 2.24) is 0 Å². The maximum atomic E-state index is 13.5. The van der Waals surface area contributed by atoms with E-state index in [4.69, 9.17) is 4.84 Å². The summed E-state index contributed by atoms with van der Waals surface area (Å²) in [5, 5.41) is 1.72. The van der Waals surface area contributed by atoms with Crippen LogP contribution in [0.25, 0.3) is 0 Å². The van der Waals surface area contributed by atoms with Crippen molar-refractivity contribution in [1.29, 1.82) is 0 Å². The van der Waals surface area contributed by atoms with Crippen LogP contribution < -0.4 is 9.96 Å². The molecule has 3 aromatic carbocycles. The standard InChI is InChI=1S/C24H19BrN2O3/c1-15-7-9-16(10-8-15)21-20-22(30-27(21)19-5-3-2-4-6-19)24(29)26(23(20)28)18-13-11-17(25)12-14-18/h2-14,20-22H,1H3. The lowest BCUT2D eigenvalue weighted by Gasteiger charge is -2.28. The predicted molar refractivity (Wildman–Crippen MR) is 118 cm³/mol. The zero-order chi connectivity index (χ0) is 20.8. The number of hydrogen-bond donors (Lipinski definition) is 0. The number of rotatable bonds is 3. The smallest absolute Gasteiger partial charge is 0.266 e. The Balaban J connectivity index is 1.58. The molecule has 0 bridgehead atoms. The minimum absolute atomic E-state index is 0.240. The van der Waals surface area contributed by atoms with Crippen molar-refractivity contribution >= 4 is 39.1 Å². The van der Waals surface area contributed by atoms with Crippen molar-refractivity contribution in [2.45, 2.75) is 19.1 Å². The predicted octanol–water partition coefficient (Wildman–Crippen LogP) is 4.81. The van der Waals surface area contributed by atoms with Crippen LogP contribution in [-0.2, 0) is 14.4 Å². The number of anilines is 2. The molecule has 2 saturated heterocycles. The van der Waals surface area contributed by atoms with Crippen molar-refractivity contribution in [3.05, 3.63) is 94.5 Å². The Bertz CT molecular complexity index is 1100. The maximum Gasteiger partial charge on any atom is 0.266 e. The monoisotopic (exact) mass is 462 g/mol. The van der Waals surface area contributed by atoms with Crippen LogP contribution in [0.4, 0.5) is 11.4 Å². The zero-order valence-electron chi connectivity index (χ0n) is 16.2. The lowest BCUT2D eigenvalue weighted by atomic mass is 9.90. The first-order valence-electron chi connectivity index (χ1n) is 9.75. The third-order valence-corrected chi connectivity index (χ3v) is 6.16. The van der Waals surface area contributed by atoms with Gasteiger partial charge in [0, 0.05) is 4.47 Å². The summed E-state index contributed by atoms with van der Waals surface area (Å²) >= 11 is 3.39. The molecule has 2 heterocycles. The summed E-state index contributed by atoms with van der Waals surface area (Å²) in [4.78, 5) is 34.1. The second kappa shape index (κ2) is 7.38. The normalized spacial score (nSPS) is 23.2. The van der Waals surface area contributed by atoms with Crippen LogP contribution in [0.15, 0.2) is 83.3 Å². The van der Waals surface area contributed by atoms with Gasteiger partial charge >= 0.3 is 0 Å². The molecule has 2 amide bonds. The van der Waals surface area contributed by atoms with Crippen molar-refractivity contribution in [2.24, 2.45) is 5.92 Å². The van der Waals surface area contributed by atoms with Gasteiger partial charge in [0.25, 0.3) is 5.91 Å². The molecule has 0 aromatic heterocycles. The average molecular weight is 463 g/mol. The molecule has 30 heavy (non-hydrogen) atoms. The Morgan fingerprint density at radius 2 is 1.47 bits per heavy atom. The van der Waals surface area contributed by atoms with E-state index in [9.17, 15) is 9.59 Å². The molecule has 0 saturated carbocycles. The number of halogens is 1. The number of amides is 2. The van der Waals surface area contributed by atoms with E-state index in [0.717, 1.165) is 21.3 Å². The quantitative estimate of drug-likeness (QED) is 0.524. The molecule has 0 N–H and O–H groups in total. The third kappa shape index (κ3) is 3.04. The number of aryl methyl sites for hydroxylation is 1. The van der Waals surface area contributed by atoms with E-state index in [-0.39, 0.29) is 11.8 Å². The Morgan fingerprint density at radius 3 is 2.13 bits per heavy atom. The molecule has 5 rings (SSSR count). The van der Waals surface area contributed by atoms with Gasteiger partial charge in [-0.25, -0.2) is 9.96 Å². The molecular formula is C24H19BrN2O3. The van der Waals surface area contributed by atoms with Crippen molar-refractivity contribution in [2.75, 3.05) is 9.96 Å². The Labute approximate surface area is 183 Å². The van der Waals surface area contributed by atoms with Gasteiger partial charge in [0.05, 0.1) is 17.4 Å². The van der Waals surface area contributed by atoms with E-state index in [2.05, 4.69) is 15.9 Å². The molecule has 2 aliphatic rings. The highest BCUT2D eigenvalue weighted by atomic mass is 79.9. The number of benzene rings is 3. The number of carbonyl (C=O) groups excluding carboxylic acids is 2. The number of para-hydroxylation sites is 1. The Hall–Kier alpha value is -2.96. The first-order chi connectivity index (χ1) is 14.5. The van der Waals surface area contributed by atoms with Gasteiger partial charge in [-0.3, -0.25) is 14.4 Å². The van der Waals surface area contributed by atoms with Gasteiger partial charge in [-0.05, 0) is 48.9 Å². The molecule has 2 aliphatic heterocycles. The summed E-state index contributed by atoms with van der Waals surface area (Å²) in [6, 6.07) is 24.4. The number of hydroxylamine groups is 1. The van der Waals surface area contributed by atoms with E-state index >= 15 is 0 Å². The highest BCUT2D eigenvalue weighted by Gasteiger charge is 2.60. The summed E-state index contributed by atoms with van der Waals surface area (Å²) in [7, 11) is 0. The SMILES string of the molecule is Cc1ccc(C2C3C(=O)N(c4ccc(Br)cc4)C(=O)C3ON2c2ccccc2)cc1. The van der Waals surface area contributed by atoms with Gasteiger partial charge < -0.3 is 0 Å². The van der Waals surface area contributed by atoms with E-state index in [1.54, 1.807) is 17.2 Å². The van der Waals surface area contributed by atoms with E-state index < -0.39 is 18.1 Å².